The number of aliphatic imine (C=N–C) groups is 1. The number of hydrogen-bond acceptors (Lipinski definition) is 6. The highest BCUT2D eigenvalue weighted by atomic mass is 32.2. The van der Waals surface area contributed by atoms with Crippen LogP contribution < -0.4 is 0 Å². The zero-order valence-corrected chi connectivity index (χ0v) is 15.8. The van der Waals surface area contributed by atoms with Crippen LogP contribution in [-0.4, -0.2) is 38.5 Å². The third-order valence-electron chi connectivity index (χ3n) is 3.95. The number of rotatable bonds is 6. The maximum Gasteiger partial charge on any atom is 0.337 e. The van der Waals surface area contributed by atoms with Crippen molar-refractivity contribution in [2.24, 2.45) is 4.99 Å². The Morgan fingerprint density at radius 2 is 1.93 bits per heavy atom. The Bertz CT molecular complexity index is 1060. The molecule has 1 fully saturated rings. The summed E-state index contributed by atoms with van der Waals surface area (Å²) in [6, 6.07) is 12.1. The average molecular weight is 409 g/mol. The van der Waals surface area contributed by atoms with E-state index in [4.69, 9.17) is 0 Å². The standard InChI is InChI=1S/C20H15N3O5S/c1-2-11-22-18(24)17(12-13-7-9-14(10-8-13)23(27)28)29-20(22)21-16-6-4-3-5-15(16)19(25)26/h2-10,12H,1,11H2,(H,25,26)/b17-12-,21-20?. The zero-order chi connectivity index (χ0) is 21.0. The Kier molecular flexibility index (Phi) is 5.89. The molecule has 0 saturated carbocycles. The fourth-order valence-corrected chi connectivity index (χ4v) is 3.58. The molecule has 1 heterocycles. The first-order chi connectivity index (χ1) is 13.9. The summed E-state index contributed by atoms with van der Waals surface area (Å²) in [5.41, 5.74) is 0.843. The molecule has 0 spiro atoms. The van der Waals surface area contributed by atoms with Crippen LogP contribution in [0.5, 0.6) is 0 Å². The lowest BCUT2D eigenvalue weighted by Gasteiger charge is -2.13. The summed E-state index contributed by atoms with van der Waals surface area (Å²) in [6.07, 6.45) is 3.16. The van der Waals surface area contributed by atoms with Crippen molar-refractivity contribution in [3.63, 3.8) is 0 Å². The van der Waals surface area contributed by atoms with Crippen molar-refractivity contribution in [2.45, 2.75) is 0 Å². The molecule has 3 rings (SSSR count). The largest absolute Gasteiger partial charge is 0.478 e. The lowest BCUT2D eigenvalue weighted by Crippen LogP contribution is -2.29. The van der Waals surface area contributed by atoms with Gasteiger partial charge in [-0.05, 0) is 47.7 Å². The van der Waals surface area contributed by atoms with E-state index in [1.807, 2.05) is 0 Å². The number of nitro benzene ring substituents is 1. The van der Waals surface area contributed by atoms with Gasteiger partial charge in [0.2, 0.25) is 0 Å². The Hall–Kier alpha value is -3.72. The number of amides is 1. The molecule has 1 saturated heterocycles. The Morgan fingerprint density at radius 3 is 2.55 bits per heavy atom. The zero-order valence-electron chi connectivity index (χ0n) is 15.0. The topological polar surface area (TPSA) is 113 Å². The highest BCUT2D eigenvalue weighted by Gasteiger charge is 2.33. The number of carboxylic acids is 1. The number of non-ortho nitro benzene ring substituents is 1. The molecular weight excluding hydrogens is 394 g/mol. The van der Waals surface area contributed by atoms with Crippen LogP contribution in [0.1, 0.15) is 15.9 Å². The number of para-hydroxylation sites is 1. The van der Waals surface area contributed by atoms with E-state index in [9.17, 15) is 24.8 Å². The second kappa shape index (κ2) is 8.53. The van der Waals surface area contributed by atoms with Crippen molar-refractivity contribution in [3.05, 3.63) is 87.3 Å². The third kappa shape index (κ3) is 4.41. The van der Waals surface area contributed by atoms with E-state index in [2.05, 4.69) is 11.6 Å². The maximum absolute atomic E-state index is 12.8. The Balaban J connectivity index is 1.97. The van der Waals surface area contributed by atoms with Crippen LogP contribution >= 0.6 is 11.8 Å². The van der Waals surface area contributed by atoms with Gasteiger partial charge in [0.25, 0.3) is 11.6 Å². The van der Waals surface area contributed by atoms with Gasteiger partial charge in [-0.2, -0.15) is 0 Å². The minimum atomic E-state index is -1.11. The van der Waals surface area contributed by atoms with Crippen LogP contribution in [0.3, 0.4) is 0 Å². The molecule has 9 heteroatoms. The second-order valence-corrected chi connectivity index (χ2v) is 6.89. The minimum absolute atomic E-state index is 0.0272. The van der Waals surface area contributed by atoms with Crippen LogP contribution in [0.25, 0.3) is 6.08 Å². The molecule has 146 valence electrons. The number of benzene rings is 2. The van der Waals surface area contributed by atoms with Gasteiger partial charge in [0.15, 0.2) is 5.17 Å². The third-order valence-corrected chi connectivity index (χ3v) is 4.96. The lowest BCUT2D eigenvalue weighted by molar-refractivity contribution is -0.384. The molecule has 0 unspecified atom stereocenters. The molecule has 0 atom stereocenters. The summed E-state index contributed by atoms with van der Waals surface area (Å²) in [5.74, 6) is -1.42. The predicted octanol–water partition coefficient (Wildman–Crippen LogP) is 4.08. The molecule has 2 aromatic rings. The van der Waals surface area contributed by atoms with Crippen LogP contribution in [-0.2, 0) is 4.79 Å². The summed E-state index contributed by atoms with van der Waals surface area (Å²) in [6.45, 7) is 3.85. The molecule has 2 aromatic carbocycles. The summed E-state index contributed by atoms with van der Waals surface area (Å²) >= 11 is 1.10. The molecule has 8 nitrogen and oxygen atoms in total. The van der Waals surface area contributed by atoms with Gasteiger partial charge in [-0.25, -0.2) is 9.79 Å². The highest BCUT2D eigenvalue weighted by molar-refractivity contribution is 8.18. The van der Waals surface area contributed by atoms with Gasteiger partial charge in [0.05, 0.1) is 21.1 Å². The number of carbonyl (C=O) groups excluding carboxylic acids is 1. The number of carbonyl (C=O) groups is 2. The molecule has 29 heavy (non-hydrogen) atoms. The Labute approximate surface area is 170 Å². The van der Waals surface area contributed by atoms with Crippen LogP contribution in [0, 0.1) is 10.1 Å². The van der Waals surface area contributed by atoms with E-state index in [1.165, 1.54) is 23.1 Å². The molecule has 0 bridgehead atoms. The molecule has 1 N–H and O–H groups in total. The van der Waals surface area contributed by atoms with E-state index in [1.54, 1.807) is 42.5 Å². The van der Waals surface area contributed by atoms with Gasteiger partial charge in [0, 0.05) is 18.7 Å². The summed E-state index contributed by atoms with van der Waals surface area (Å²) in [7, 11) is 0. The first-order valence-corrected chi connectivity index (χ1v) is 9.20. The first-order valence-electron chi connectivity index (χ1n) is 8.38. The number of nitrogens with zero attached hydrogens (tertiary/aromatic N) is 3. The second-order valence-electron chi connectivity index (χ2n) is 5.88. The summed E-state index contributed by atoms with van der Waals surface area (Å²) < 4.78 is 0. The van der Waals surface area contributed by atoms with E-state index < -0.39 is 10.9 Å². The number of aromatic carboxylic acids is 1. The van der Waals surface area contributed by atoms with E-state index in [0.29, 0.717) is 15.6 Å². The average Bonchev–Trinajstić information content (AvgIpc) is 2.98. The maximum atomic E-state index is 12.8. The fourth-order valence-electron chi connectivity index (χ4n) is 2.58. The Morgan fingerprint density at radius 1 is 1.24 bits per heavy atom. The van der Waals surface area contributed by atoms with Crippen molar-refractivity contribution in [3.8, 4) is 0 Å². The summed E-state index contributed by atoms with van der Waals surface area (Å²) in [5, 5.41) is 20.4. The van der Waals surface area contributed by atoms with E-state index >= 15 is 0 Å². The van der Waals surface area contributed by atoms with Crippen molar-refractivity contribution in [1.29, 1.82) is 0 Å². The minimum Gasteiger partial charge on any atom is -0.478 e. The van der Waals surface area contributed by atoms with Crippen LogP contribution in [0.2, 0.25) is 0 Å². The fraction of sp³-hybridized carbons (Fsp3) is 0.0500. The summed E-state index contributed by atoms with van der Waals surface area (Å²) in [4.78, 5) is 40.6. The number of carboxylic acid groups (broad SMARTS) is 1. The number of thioether (sulfide) groups is 1. The predicted molar refractivity (Wildman–Crippen MR) is 111 cm³/mol. The molecule has 1 amide bonds. The van der Waals surface area contributed by atoms with E-state index in [0.717, 1.165) is 11.8 Å². The van der Waals surface area contributed by atoms with Crippen molar-refractivity contribution in [1.82, 2.24) is 4.90 Å². The van der Waals surface area contributed by atoms with Crippen LogP contribution in [0.4, 0.5) is 11.4 Å². The molecule has 0 aromatic heterocycles. The van der Waals surface area contributed by atoms with Gasteiger partial charge in [-0.3, -0.25) is 19.8 Å². The number of hydrogen-bond donors (Lipinski definition) is 1. The normalized spacial score (nSPS) is 16.4. The van der Waals surface area contributed by atoms with Crippen molar-refractivity contribution < 1.29 is 19.6 Å². The van der Waals surface area contributed by atoms with Gasteiger partial charge in [-0.1, -0.05) is 18.2 Å². The van der Waals surface area contributed by atoms with Crippen molar-refractivity contribution in [2.75, 3.05) is 6.54 Å². The number of nitro groups is 1. The van der Waals surface area contributed by atoms with Crippen LogP contribution in [0.15, 0.2) is 71.1 Å². The highest BCUT2D eigenvalue weighted by Crippen LogP contribution is 2.35. The number of amidine groups is 1. The van der Waals surface area contributed by atoms with Gasteiger partial charge < -0.3 is 5.11 Å². The molecule has 1 aliphatic rings. The molecule has 0 aliphatic carbocycles. The first kappa shape index (κ1) is 20.0. The quantitative estimate of drug-likeness (QED) is 0.333. The molecular formula is C20H15N3O5S. The monoisotopic (exact) mass is 409 g/mol. The van der Waals surface area contributed by atoms with Gasteiger partial charge in [-0.15, -0.1) is 6.58 Å². The smallest absolute Gasteiger partial charge is 0.337 e. The lowest BCUT2D eigenvalue weighted by atomic mass is 10.2. The molecule has 1 aliphatic heterocycles. The van der Waals surface area contributed by atoms with Gasteiger partial charge >= 0.3 is 5.97 Å². The van der Waals surface area contributed by atoms with Gasteiger partial charge in [0.1, 0.15) is 0 Å². The van der Waals surface area contributed by atoms with E-state index in [-0.39, 0.29) is 29.4 Å². The van der Waals surface area contributed by atoms with Crippen molar-refractivity contribution >= 4 is 46.3 Å². The molecule has 0 radical (unpaired) electrons. The SMILES string of the molecule is C=CCN1C(=O)/C(=C/c2ccc([N+](=O)[O-])cc2)SC1=Nc1ccccc1C(=O)O.